The minimum absolute atomic E-state index is 0.0892. The molecule has 1 fully saturated rings. The molecule has 1 saturated heterocycles. The predicted molar refractivity (Wildman–Crippen MR) is 124 cm³/mol. The third kappa shape index (κ3) is 6.01. The molecule has 0 aliphatic carbocycles. The Bertz CT molecular complexity index is 1170. The van der Waals surface area contributed by atoms with Crippen molar-refractivity contribution in [2.24, 2.45) is 0 Å². The number of hydrogen-bond acceptors (Lipinski definition) is 7. The standard InChI is InChI=1S/C22H26N4O7S/c1-3-33-22(28)25-12-10-17(11-13-25)23-21(27)16-5-7-18(8-6-16)24-34(31,32)19-9-4-15(2)20(14-19)26(29)30/h4-9,14,17,24H,3,10-13H2,1-2H3,(H,23,27). The Kier molecular flexibility index (Phi) is 7.72. The second-order valence-corrected chi connectivity index (χ2v) is 9.50. The van der Waals surface area contributed by atoms with Crippen LogP contribution in [0.2, 0.25) is 0 Å². The normalized spacial score (nSPS) is 14.4. The Morgan fingerprint density at radius 3 is 2.38 bits per heavy atom. The largest absolute Gasteiger partial charge is 0.450 e. The van der Waals surface area contributed by atoms with Crippen molar-refractivity contribution in [2.45, 2.75) is 37.6 Å². The van der Waals surface area contributed by atoms with Gasteiger partial charge in [-0.05, 0) is 57.0 Å². The highest BCUT2D eigenvalue weighted by Gasteiger charge is 2.25. The van der Waals surface area contributed by atoms with Crippen LogP contribution in [0, 0.1) is 17.0 Å². The average Bonchev–Trinajstić information content (AvgIpc) is 2.80. The number of amides is 2. The van der Waals surface area contributed by atoms with Crippen molar-refractivity contribution in [3.63, 3.8) is 0 Å². The highest BCUT2D eigenvalue weighted by atomic mass is 32.2. The maximum atomic E-state index is 12.6. The molecule has 0 spiro atoms. The zero-order chi connectivity index (χ0) is 24.9. The summed E-state index contributed by atoms with van der Waals surface area (Å²) in [5, 5.41) is 14.0. The fourth-order valence-electron chi connectivity index (χ4n) is 3.55. The molecule has 2 aromatic carbocycles. The van der Waals surface area contributed by atoms with Gasteiger partial charge in [-0.1, -0.05) is 6.07 Å². The fraction of sp³-hybridized carbons (Fsp3) is 0.364. The smallest absolute Gasteiger partial charge is 0.409 e. The van der Waals surface area contributed by atoms with Gasteiger partial charge in [0.05, 0.1) is 16.4 Å². The van der Waals surface area contributed by atoms with Crippen molar-refractivity contribution in [3.8, 4) is 0 Å². The number of piperidine rings is 1. The Morgan fingerprint density at radius 2 is 1.79 bits per heavy atom. The van der Waals surface area contributed by atoms with E-state index in [-0.39, 0.29) is 34.3 Å². The molecule has 2 amide bonds. The van der Waals surface area contributed by atoms with E-state index in [2.05, 4.69) is 10.0 Å². The van der Waals surface area contributed by atoms with Crippen LogP contribution in [0.25, 0.3) is 0 Å². The Hall–Kier alpha value is -3.67. The van der Waals surface area contributed by atoms with Crippen molar-refractivity contribution in [1.29, 1.82) is 0 Å². The molecule has 12 heteroatoms. The quantitative estimate of drug-likeness (QED) is 0.448. The number of hydrogen-bond donors (Lipinski definition) is 2. The molecule has 182 valence electrons. The topological polar surface area (TPSA) is 148 Å². The molecule has 2 aromatic rings. The maximum absolute atomic E-state index is 12.6. The number of likely N-dealkylation sites (tertiary alicyclic amines) is 1. The number of nitro benzene ring substituents is 1. The first-order valence-electron chi connectivity index (χ1n) is 10.7. The third-order valence-corrected chi connectivity index (χ3v) is 6.82. The van der Waals surface area contributed by atoms with Gasteiger partial charge in [0.1, 0.15) is 0 Å². The van der Waals surface area contributed by atoms with Gasteiger partial charge in [-0.3, -0.25) is 19.6 Å². The van der Waals surface area contributed by atoms with Crippen LogP contribution in [0.4, 0.5) is 16.2 Å². The van der Waals surface area contributed by atoms with Gasteiger partial charge in [0.15, 0.2) is 0 Å². The van der Waals surface area contributed by atoms with Crippen molar-refractivity contribution < 1.29 is 27.7 Å². The summed E-state index contributed by atoms with van der Waals surface area (Å²) in [6, 6.07) is 9.44. The van der Waals surface area contributed by atoms with Crippen molar-refractivity contribution in [2.75, 3.05) is 24.4 Å². The summed E-state index contributed by atoms with van der Waals surface area (Å²) in [5.41, 5.74) is 0.623. The monoisotopic (exact) mass is 490 g/mol. The van der Waals surface area contributed by atoms with Gasteiger partial charge in [0, 0.05) is 42.0 Å². The molecular weight excluding hydrogens is 464 g/mol. The molecule has 11 nitrogen and oxygen atoms in total. The molecule has 34 heavy (non-hydrogen) atoms. The molecule has 1 aliphatic rings. The number of anilines is 1. The summed E-state index contributed by atoms with van der Waals surface area (Å²) in [6.07, 6.45) is 0.849. The first kappa shape index (κ1) is 25.0. The number of carbonyl (C=O) groups excluding carboxylic acids is 2. The number of benzene rings is 2. The Balaban J connectivity index is 1.60. The molecular formula is C22H26N4O7S. The van der Waals surface area contributed by atoms with E-state index >= 15 is 0 Å². The Morgan fingerprint density at radius 1 is 1.15 bits per heavy atom. The van der Waals surface area contributed by atoms with Crippen LogP contribution in [-0.4, -0.2) is 56.0 Å². The predicted octanol–water partition coefficient (Wildman–Crippen LogP) is 3.05. The summed E-state index contributed by atoms with van der Waals surface area (Å²) in [4.78, 5) is 36.2. The second-order valence-electron chi connectivity index (χ2n) is 7.82. The van der Waals surface area contributed by atoms with Gasteiger partial charge in [-0.2, -0.15) is 0 Å². The molecule has 0 saturated carbocycles. The third-order valence-electron chi connectivity index (χ3n) is 5.44. The fourth-order valence-corrected chi connectivity index (χ4v) is 4.62. The molecule has 0 radical (unpaired) electrons. The lowest BCUT2D eigenvalue weighted by Gasteiger charge is -2.31. The van der Waals surface area contributed by atoms with Crippen LogP contribution in [0.3, 0.4) is 0 Å². The van der Waals surface area contributed by atoms with Gasteiger partial charge in [0.2, 0.25) is 0 Å². The molecule has 0 unspecified atom stereocenters. The van der Waals surface area contributed by atoms with E-state index in [4.69, 9.17) is 4.74 Å². The number of nitrogens with zero attached hydrogens (tertiary/aromatic N) is 2. The lowest BCUT2D eigenvalue weighted by molar-refractivity contribution is -0.385. The van der Waals surface area contributed by atoms with E-state index in [0.717, 1.165) is 6.07 Å². The van der Waals surface area contributed by atoms with E-state index in [1.807, 2.05) is 0 Å². The number of sulfonamides is 1. The molecule has 0 bridgehead atoms. The van der Waals surface area contributed by atoms with Crippen molar-refractivity contribution in [1.82, 2.24) is 10.2 Å². The Labute approximate surface area is 197 Å². The van der Waals surface area contributed by atoms with Crippen LogP contribution in [0.5, 0.6) is 0 Å². The lowest BCUT2D eigenvalue weighted by Crippen LogP contribution is -2.46. The first-order chi connectivity index (χ1) is 16.1. The van der Waals surface area contributed by atoms with Crippen LogP contribution in [-0.2, 0) is 14.8 Å². The van der Waals surface area contributed by atoms with E-state index in [1.54, 1.807) is 11.8 Å². The summed E-state index contributed by atoms with van der Waals surface area (Å²) in [7, 11) is -4.06. The highest BCUT2D eigenvalue weighted by molar-refractivity contribution is 7.92. The number of rotatable bonds is 7. The molecule has 0 atom stereocenters. The van der Waals surface area contributed by atoms with Gasteiger partial charge in [-0.15, -0.1) is 0 Å². The maximum Gasteiger partial charge on any atom is 0.409 e. The molecule has 3 rings (SSSR count). The summed E-state index contributed by atoms with van der Waals surface area (Å²) < 4.78 is 32.6. The molecule has 1 aliphatic heterocycles. The zero-order valence-electron chi connectivity index (χ0n) is 18.8. The van der Waals surface area contributed by atoms with Crippen LogP contribution in [0.1, 0.15) is 35.7 Å². The second kappa shape index (κ2) is 10.5. The number of carbonyl (C=O) groups is 2. The van der Waals surface area contributed by atoms with Gasteiger partial charge in [0.25, 0.3) is 21.6 Å². The number of nitro groups is 1. The van der Waals surface area contributed by atoms with Gasteiger partial charge >= 0.3 is 6.09 Å². The minimum Gasteiger partial charge on any atom is -0.450 e. The zero-order valence-corrected chi connectivity index (χ0v) is 19.6. The molecule has 1 heterocycles. The summed E-state index contributed by atoms with van der Waals surface area (Å²) in [5.74, 6) is -0.307. The SMILES string of the molecule is CCOC(=O)N1CCC(NC(=O)c2ccc(NS(=O)(=O)c3ccc(C)c([N+](=O)[O-])c3)cc2)CC1. The van der Waals surface area contributed by atoms with Gasteiger partial charge in [-0.25, -0.2) is 13.2 Å². The van der Waals surface area contributed by atoms with Crippen LogP contribution < -0.4 is 10.0 Å². The summed E-state index contributed by atoms with van der Waals surface area (Å²) >= 11 is 0. The molecule has 0 aromatic heterocycles. The van der Waals surface area contributed by atoms with Crippen LogP contribution >= 0.6 is 0 Å². The van der Waals surface area contributed by atoms with E-state index in [0.29, 0.717) is 43.7 Å². The number of ether oxygens (including phenoxy) is 1. The molecule has 2 N–H and O–H groups in total. The number of nitrogens with one attached hydrogen (secondary N) is 2. The van der Waals surface area contributed by atoms with Crippen molar-refractivity contribution in [3.05, 3.63) is 63.7 Å². The van der Waals surface area contributed by atoms with E-state index < -0.39 is 14.9 Å². The summed E-state index contributed by atoms with van der Waals surface area (Å²) in [6.45, 7) is 4.56. The first-order valence-corrected chi connectivity index (χ1v) is 12.2. The highest BCUT2D eigenvalue weighted by Crippen LogP contribution is 2.24. The van der Waals surface area contributed by atoms with Gasteiger partial charge < -0.3 is 15.0 Å². The van der Waals surface area contributed by atoms with E-state index in [1.165, 1.54) is 43.3 Å². The number of aryl methyl sites for hydroxylation is 1. The van der Waals surface area contributed by atoms with Crippen LogP contribution in [0.15, 0.2) is 47.4 Å². The van der Waals surface area contributed by atoms with E-state index in [9.17, 15) is 28.1 Å². The lowest BCUT2D eigenvalue weighted by atomic mass is 10.0. The minimum atomic E-state index is -4.06. The van der Waals surface area contributed by atoms with Crippen molar-refractivity contribution >= 4 is 33.4 Å². The average molecular weight is 491 g/mol.